The Morgan fingerprint density at radius 2 is 2.19 bits per heavy atom. The van der Waals surface area contributed by atoms with E-state index in [4.69, 9.17) is 4.74 Å². The van der Waals surface area contributed by atoms with Gasteiger partial charge in [-0.2, -0.15) is 5.10 Å². The Morgan fingerprint density at radius 3 is 2.95 bits per heavy atom. The summed E-state index contributed by atoms with van der Waals surface area (Å²) in [5.74, 6) is 0.306. The van der Waals surface area contributed by atoms with Crippen LogP contribution in [0.15, 0.2) is 29.1 Å². The number of H-pyrrole nitrogens is 1. The first kappa shape index (κ1) is 13.8. The van der Waals surface area contributed by atoms with E-state index in [0.29, 0.717) is 30.1 Å². The highest BCUT2D eigenvalue weighted by molar-refractivity contribution is 5.88. The molecule has 2 heterocycles. The normalized spacial score (nSPS) is 18.0. The Morgan fingerprint density at radius 1 is 1.38 bits per heavy atom. The number of aromatic amines is 1. The van der Waals surface area contributed by atoms with E-state index >= 15 is 0 Å². The molecular weight excluding hydrogens is 270 g/mol. The van der Waals surface area contributed by atoms with E-state index in [9.17, 15) is 9.59 Å². The molecule has 1 saturated heterocycles. The number of fused-ring (bicyclic) bond motifs is 1. The predicted octanol–water partition coefficient (Wildman–Crippen LogP) is 0.618. The van der Waals surface area contributed by atoms with Gasteiger partial charge in [-0.3, -0.25) is 9.59 Å². The lowest BCUT2D eigenvalue weighted by Gasteiger charge is -2.10. The Labute approximate surface area is 121 Å². The van der Waals surface area contributed by atoms with Gasteiger partial charge < -0.3 is 10.1 Å². The third-order valence-corrected chi connectivity index (χ3v) is 3.71. The van der Waals surface area contributed by atoms with Gasteiger partial charge in [0, 0.05) is 24.5 Å². The molecule has 0 radical (unpaired) electrons. The fraction of sp³-hybridized carbons (Fsp3) is 0.400. The summed E-state index contributed by atoms with van der Waals surface area (Å²) >= 11 is 0. The van der Waals surface area contributed by atoms with Crippen molar-refractivity contribution in [1.82, 2.24) is 15.5 Å². The standard InChI is InChI=1S/C15H17N3O3/c19-14(16-8-10-5-6-21-9-10)7-13-11-3-1-2-4-12(11)15(20)18-17-13/h1-4,10H,5-9H2,(H,16,19)(H,18,20). The first-order chi connectivity index (χ1) is 10.2. The minimum atomic E-state index is -0.238. The van der Waals surface area contributed by atoms with Crippen LogP contribution in [0.2, 0.25) is 0 Å². The van der Waals surface area contributed by atoms with E-state index in [2.05, 4.69) is 15.5 Å². The molecule has 0 bridgehead atoms. The zero-order valence-electron chi connectivity index (χ0n) is 11.6. The molecule has 1 aromatic heterocycles. The largest absolute Gasteiger partial charge is 0.381 e. The van der Waals surface area contributed by atoms with E-state index in [1.807, 2.05) is 12.1 Å². The number of rotatable bonds is 4. The van der Waals surface area contributed by atoms with Crippen molar-refractivity contribution in [1.29, 1.82) is 0 Å². The minimum absolute atomic E-state index is 0.0911. The molecule has 1 aromatic carbocycles. The summed E-state index contributed by atoms with van der Waals surface area (Å²) in [6.07, 6.45) is 1.14. The van der Waals surface area contributed by atoms with Crippen molar-refractivity contribution >= 4 is 16.7 Å². The molecule has 2 N–H and O–H groups in total. The highest BCUT2D eigenvalue weighted by Gasteiger charge is 2.17. The van der Waals surface area contributed by atoms with Crippen LogP contribution in [0.3, 0.4) is 0 Å². The maximum Gasteiger partial charge on any atom is 0.272 e. The fourth-order valence-electron chi connectivity index (χ4n) is 2.52. The quantitative estimate of drug-likeness (QED) is 0.863. The predicted molar refractivity (Wildman–Crippen MR) is 78.0 cm³/mol. The van der Waals surface area contributed by atoms with E-state index in [-0.39, 0.29) is 17.9 Å². The average molecular weight is 287 g/mol. The second-order valence-corrected chi connectivity index (χ2v) is 5.26. The van der Waals surface area contributed by atoms with Crippen molar-refractivity contribution in [2.45, 2.75) is 12.8 Å². The van der Waals surface area contributed by atoms with Crippen LogP contribution in [-0.2, 0) is 16.0 Å². The van der Waals surface area contributed by atoms with Crippen LogP contribution < -0.4 is 10.9 Å². The summed E-state index contributed by atoms with van der Waals surface area (Å²) in [7, 11) is 0. The van der Waals surface area contributed by atoms with Crippen molar-refractivity contribution in [3.8, 4) is 0 Å². The summed E-state index contributed by atoms with van der Waals surface area (Å²) in [6.45, 7) is 2.10. The van der Waals surface area contributed by atoms with Crippen LogP contribution in [0.25, 0.3) is 10.8 Å². The number of ether oxygens (including phenoxy) is 1. The number of carbonyl (C=O) groups excluding carboxylic acids is 1. The fourth-order valence-corrected chi connectivity index (χ4v) is 2.52. The van der Waals surface area contributed by atoms with E-state index in [0.717, 1.165) is 18.4 Å². The first-order valence-electron chi connectivity index (χ1n) is 7.05. The molecule has 1 aliphatic heterocycles. The average Bonchev–Trinajstić information content (AvgIpc) is 3.02. The number of benzene rings is 1. The zero-order chi connectivity index (χ0) is 14.7. The third kappa shape index (κ3) is 3.11. The second-order valence-electron chi connectivity index (χ2n) is 5.26. The minimum Gasteiger partial charge on any atom is -0.381 e. The first-order valence-corrected chi connectivity index (χ1v) is 7.05. The van der Waals surface area contributed by atoms with E-state index < -0.39 is 0 Å². The van der Waals surface area contributed by atoms with Gasteiger partial charge in [-0.25, -0.2) is 5.10 Å². The zero-order valence-corrected chi connectivity index (χ0v) is 11.6. The van der Waals surface area contributed by atoms with Crippen molar-refractivity contribution in [3.63, 3.8) is 0 Å². The molecule has 0 spiro atoms. The van der Waals surface area contributed by atoms with Crippen LogP contribution in [-0.4, -0.2) is 35.9 Å². The highest BCUT2D eigenvalue weighted by atomic mass is 16.5. The van der Waals surface area contributed by atoms with Crippen LogP contribution >= 0.6 is 0 Å². The molecule has 3 rings (SSSR count). The van der Waals surface area contributed by atoms with Gasteiger partial charge in [-0.1, -0.05) is 18.2 Å². The van der Waals surface area contributed by atoms with Gasteiger partial charge in [-0.15, -0.1) is 0 Å². The van der Waals surface area contributed by atoms with E-state index in [1.165, 1.54) is 0 Å². The van der Waals surface area contributed by atoms with Gasteiger partial charge in [0.05, 0.1) is 24.1 Å². The number of carbonyl (C=O) groups is 1. The Hall–Kier alpha value is -2.21. The second kappa shape index (κ2) is 6.05. The number of hydrogen-bond donors (Lipinski definition) is 2. The lowest BCUT2D eigenvalue weighted by molar-refractivity contribution is -0.120. The van der Waals surface area contributed by atoms with Crippen LogP contribution in [0.4, 0.5) is 0 Å². The summed E-state index contributed by atoms with van der Waals surface area (Å²) in [5, 5.41) is 10.6. The van der Waals surface area contributed by atoms with Crippen molar-refractivity contribution in [2.75, 3.05) is 19.8 Å². The molecule has 6 nitrogen and oxygen atoms in total. The molecular formula is C15H17N3O3. The van der Waals surface area contributed by atoms with Gasteiger partial charge in [0.1, 0.15) is 0 Å². The molecule has 1 unspecified atom stereocenters. The third-order valence-electron chi connectivity index (χ3n) is 3.71. The molecule has 110 valence electrons. The van der Waals surface area contributed by atoms with Crippen molar-refractivity contribution in [2.24, 2.45) is 5.92 Å². The lowest BCUT2D eigenvalue weighted by Crippen LogP contribution is -2.31. The molecule has 0 saturated carbocycles. The smallest absolute Gasteiger partial charge is 0.272 e. The SMILES string of the molecule is O=C(Cc1n[nH]c(=O)c2ccccc12)NCC1CCOC1. The maximum absolute atomic E-state index is 12.0. The Bertz CT molecular complexity index is 705. The number of amides is 1. The van der Waals surface area contributed by atoms with Crippen molar-refractivity contribution < 1.29 is 9.53 Å². The maximum atomic E-state index is 12.0. The number of aromatic nitrogens is 2. The summed E-state index contributed by atoms with van der Waals surface area (Å²) in [5.41, 5.74) is 0.350. The molecule has 1 amide bonds. The van der Waals surface area contributed by atoms with Crippen LogP contribution in [0.5, 0.6) is 0 Å². The van der Waals surface area contributed by atoms with Crippen LogP contribution in [0, 0.1) is 5.92 Å². The molecule has 1 aliphatic rings. The highest BCUT2D eigenvalue weighted by Crippen LogP contribution is 2.13. The lowest BCUT2D eigenvalue weighted by atomic mass is 10.1. The molecule has 21 heavy (non-hydrogen) atoms. The number of nitrogens with one attached hydrogen (secondary N) is 2. The number of hydrogen-bond acceptors (Lipinski definition) is 4. The van der Waals surface area contributed by atoms with Gasteiger partial charge in [0.15, 0.2) is 0 Å². The molecule has 1 fully saturated rings. The van der Waals surface area contributed by atoms with Crippen molar-refractivity contribution in [3.05, 3.63) is 40.3 Å². The van der Waals surface area contributed by atoms with E-state index in [1.54, 1.807) is 12.1 Å². The van der Waals surface area contributed by atoms with Gasteiger partial charge in [0.2, 0.25) is 5.91 Å². The summed E-state index contributed by atoms with van der Waals surface area (Å²) < 4.78 is 5.28. The molecule has 2 aromatic rings. The Kier molecular flexibility index (Phi) is 3.96. The van der Waals surface area contributed by atoms with Gasteiger partial charge in [-0.05, 0) is 12.5 Å². The monoisotopic (exact) mass is 287 g/mol. The summed E-state index contributed by atoms with van der Waals surface area (Å²) in [6, 6.07) is 7.17. The topological polar surface area (TPSA) is 84.1 Å². The molecule has 6 heteroatoms. The molecule has 0 aliphatic carbocycles. The summed E-state index contributed by atoms with van der Waals surface area (Å²) in [4.78, 5) is 23.7. The molecule has 1 atom stereocenters. The number of nitrogens with zero attached hydrogens (tertiary/aromatic N) is 1. The van der Waals surface area contributed by atoms with Gasteiger partial charge in [0.25, 0.3) is 5.56 Å². The van der Waals surface area contributed by atoms with Gasteiger partial charge >= 0.3 is 0 Å². The Balaban J connectivity index is 1.71. The van der Waals surface area contributed by atoms with Crippen LogP contribution in [0.1, 0.15) is 12.1 Å².